The number of hydrogen-bond donors (Lipinski definition) is 0. The molecule has 4 aliphatic rings. The average molecular weight is 732 g/mol. The van der Waals surface area contributed by atoms with E-state index in [0.717, 1.165) is 54.5 Å². The van der Waals surface area contributed by atoms with Crippen LogP contribution in [0.5, 0.6) is 5.75 Å². The van der Waals surface area contributed by atoms with Crippen molar-refractivity contribution < 1.29 is 47.7 Å². The molecule has 14 heteroatoms. The predicted molar refractivity (Wildman–Crippen MR) is 190 cm³/mol. The maximum Gasteiger partial charge on any atom is 0.345 e. The standard InChI is InChI=1S/C35H41NO10S3/c1-8-46-20-15-16-22-21(18-20)24-29(34(2,3)36(22)23(37)17-14-19-12-10-9-11-13-19)47-26(31(39)43-5)25(30(38)42-4)35(24)48-27(32(40)44-6)28(49-35)33(41)45-7/h15-16,18-19H,8-14,17H2,1-7H3. The van der Waals surface area contributed by atoms with E-state index in [1.54, 1.807) is 17.0 Å². The number of rotatable bonds is 9. The highest BCUT2D eigenvalue weighted by molar-refractivity contribution is 8.26. The summed E-state index contributed by atoms with van der Waals surface area (Å²) >= 11 is 2.81. The van der Waals surface area contributed by atoms with E-state index in [4.69, 9.17) is 23.7 Å². The molecule has 11 nitrogen and oxygen atoms in total. The fourth-order valence-electron chi connectivity index (χ4n) is 6.91. The number of methoxy groups -OCH3 is 4. The molecule has 0 atom stereocenters. The SMILES string of the molecule is CCOc1ccc2c(c1)C1=C(SC(C(=O)OC)=C(C(=O)OC)C13SC(C(=O)OC)=C(C(=O)OC)S3)C(C)(C)N2C(=O)CCC1CCCCC1. The molecule has 0 N–H and O–H groups in total. The first-order valence-corrected chi connectivity index (χ1v) is 18.6. The minimum Gasteiger partial charge on any atom is -0.494 e. The fourth-order valence-corrected chi connectivity index (χ4v) is 12.0. The van der Waals surface area contributed by atoms with Crippen LogP contribution in [0.25, 0.3) is 5.57 Å². The molecule has 1 aliphatic carbocycles. The molecule has 5 rings (SSSR count). The largest absolute Gasteiger partial charge is 0.494 e. The number of fused-ring (bicyclic) bond motifs is 3. The monoisotopic (exact) mass is 731 g/mol. The number of anilines is 1. The zero-order valence-corrected chi connectivity index (χ0v) is 31.2. The summed E-state index contributed by atoms with van der Waals surface area (Å²) in [6.45, 7) is 5.99. The summed E-state index contributed by atoms with van der Waals surface area (Å²) in [4.78, 5) is 70.5. The van der Waals surface area contributed by atoms with Crippen LogP contribution in [0.1, 0.15) is 71.3 Å². The van der Waals surface area contributed by atoms with E-state index < -0.39 is 33.5 Å². The van der Waals surface area contributed by atoms with Crippen molar-refractivity contribution in [3.05, 3.63) is 49.0 Å². The molecule has 49 heavy (non-hydrogen) atoms. The van der Waals surface area contributed by atoms with Gasteiger partial charge >= 0.3 is 23.9 Å². The first-order chi connectivity index (χ1) is 23.4. The van der Waals surface area contributed by atoms with Crippen LogP contribution in [0.15, 0.2) is 43.4 Å². The van der Waals surface area contributed by atoms with Crippen molar-refractivity contribution in [3.63, 3.8) is 0 Å². The highest BCUT2D eigenvalue weighted by Crippen LogP contribution is 2.71. The van der Waals surface area contributed by atoms with E-state index in [0.29, 0.717) is 46.4 Å². The molecule has 264 valence electrons. The second kappa shape index (κ2) is 14.9. The molecule has 1 saturated carbocycles. The molecule has 3 heterocycles. The molecular formula is C35H41NO10S3. The topological polar surface area (TPSA) is 135 Å². The van der Waals surface area contributed by atoms with Crippen LogP contribution in [0.3, 0.4) is 0 Å². The number of carbonyl (C=O) groups excluding carboxylic acids is 5. The maximum atomic E-state index is 14.4. The molecule has 1 amide bonds. The van der Waals surface area contributed by atoms with Gasteiger partial charge in [-0.3, -0.25) is 4.79 Å². The first-order valence-electron chi connectivity index (χ1n) is 16.1. The normalized spacial score (nSPS) is 19.7. The zero-order valence-electron chi connectivity index (χ0n) is 28.7. The predicted octanol–water partition coefficient (Wildman–Crippen LogP) is 6.36. The number of carbonyl (C=O) groups is 5. The third kappa shape index (κ3) is 6.51. The van der Waals surface area contributed by atoms with Gasteiger partial charge in [0.25, 0.3) is 0 Å². The average Bonchev–Trinajstić information content (AvgIpc) is 3.50. The van der Waals surface area contributed by atoms with Gasteiger partial charge < -0.3 is 28.6 Å². The molecule has 0 saturated heterocycles. The lowest BCUT2D eigenvalue weighted by molar-refractivity contribution is -0.138. The van der Waals surface area contributed by atoms with Crippen LogP contribution in [-0.2, 0) is 42.9 Å². The number of hydrogen-bond acceptors (Lipinski definition) is 13. The van der Waals surface area contributed by atoms with Crippen molar-refractivity contribution in [2.45, 2.75) is 75.3 Å². The van der Waals surface area contributed by atoms with Gasteiger partial charge in [0.2, 0.25) is 5.91 Å². The summed E-state index contributed by atoms with van der Waals surface area (Å²) < 4.78 is 24.9. The fraction of sp³-hybridized carbons (Fsp3) is 0.514. The minimum atomic E-state index is -1.65. The van der Waals surface area contributed by atoms with Gasteiger partial charge in [-0.1, -0.05) is 67.4 Å². The lowest BCUT2D eigenvalue weighted by Crippen LogP contribution is -2.53. The number of amides is 1. The Morgan fingerprint density at radius 1 is 0.816 bits per heavy atom. The molecule has 1 aromatic carbocycles. The van der Waals surface area contributed by atoms with Gasteiger partial charge in [-0.25, -0.2) is 19.2 Å². The first kappa shape index (κ1) is 36.9. The Bertz CT molecular complexity index is 1640. The molecule has 1 fully saturated rings. The van der Waals surface area contributed by atoms with Gasteiger partial charge in [-0.15, -0.1) is 0 Å². The highest BCUT2D eigenvalue weighted by atomic mass is 32.2. The zero-order chi connectivity index (χ0) is 35.7. The Morgan fingerprint density at radius 3 is 1.94 bits per heavy atom. The van der Waals surface area contributed by atoms with Crippen LogP contribution in [0, 0.1) is 5.92 Å². The van der Waals surface area contributed by atoms with E-state index in [1.165, 1.54) is 47.7 Å². The Kier molecular flexibility index (Phi) is 11.2. The van der Waals surface area contributed by atoms with E-state index in [2.05, 4.69) is 0 Å². The van der Waals surface area contributed by atoms with Crippen LogP contribution in [0.4, 0.5) is 5.69 Å². The summed E-state index contributed by atoms with van der Waals surface area (Å²) in [5.41, 5.74) is 0.428. The summed E-state index contributed by atoms with van der Waals surface area (Å²) in [6, 6.07) is 5.40. The molecule has 0 radical (unpaired) electrons. The van der Waals surface area contributed by atoms with Crippen LogP contribution in [0.2, 0.25) is 0 Å². The summed E-state index contributed by atoms with van der Waals surface area (Å²) in [5, 5.41) is 0. The van der Waals surface area contributed by atoms with Gasteiger partial charge in [0.15, 0.2) is 0 Å². The number of nitrogens with zero attached hydrogens (tertiary/aromatic N) is 1. The van der Waals surface area contributed by atoms with Gasteiger partial charge in [-0.2, -0.15) is 0 Å². The number of benzene rings is 1. The molecule has 0 unspecified atom stereocenters. The van der Waals surface area contributed by atoms with Crippen molar-refractivity contribution in [1.82, 2.24) is 0 Å². The molecule has 1 spiro atoms. The van der Waals surface area contributed by atoms with Gasteiger partial charge in [-0.05, 0) is 51.3 Å². The smallest absolute Gasteiger partial charge is 0.345 e. The van der Waals surface area contributed by atoms with Crippen molar-refractivity contribution in [1.29, 1.82) is 0 Å². The van der Waals surface area contributed by atoms with Gasteiger partial charge in [0, 0.05) is 22.5 Å². The van der Waals surface area contributed by atoms with Crippen molar-refractivity contribution >= 4 is 76.3 Å². The van der Waals surface area contributed by atoms with Gasteiger partial charge in [0.1, 0.15) is 24.5 Å². The van der Waals surface area contributed by atoms with E-state index in [1.807, 2.05) is 26.8 Å². The van der Waals surface area contributed by atoms with Gasteiger partial charge in [0.05, 0.1) is 51.8 Å². The van der Waals surface area contributed by atoms with Crippen LogP contribution in [-0.4, -0.2) is 74.4 Å². The van der Waals surface area contributed by atoms with E-state index >= 15 is 0 Å². The summed E-state index contributed by atoms with van der Waals surface area (Å²) in [7, 11) is 4.75. The Balaban J connectivity index is 1.79. The van der Waals surface area contributed by atoms with E-state index in [-0.39, 0.29) is 26.2 Å². The summed E-state index contributed by atoms with van der Waals surface area (Å²) in [6.07, 6.45) is 6.86. The van der Waals surface area contributed by atoms with Crippen molar-refractivity contribution in [3.8, 4) is 5.75 Å². The van der Waals surface area contributed by atoms with Crippen LogP contribution >= 0.6 is 35.3 Å². The second-order valence-electron chi connectivity index (χ2n) is 12.4. The molecule has 1 aromatic rings. The summed E-state index contributed by atoms with van der Waals surface area (Å²) in [5.74, 6) is -2.42. The lowest BCUT2D eigenvalue weighted by atomic mass is 9.82. The quantitative estimate of drug-likeness (QED) is 0.206. The Morgan fingerprint density at radius 2 is 1.39 bits per heavy atom. The molecule has 0 bridgehead atoms. The second-order valence-corrected chi connectivity index (χ2v) is 16.1. The number of esters is 4. The number of thioether (sulfide) groups is 3. The Labute approximate surface area is 298 Å². The lowest BCUT2D eigenvalue weighted by Gasteiger charge is -2.51. The molecule has 3 aliphatic heterocycles. The Hall–Kier alpha value is -3.36. The van der Waals surface area contributed by atoms with Crippen molar-refractivity contribution in [2.24, 2.45) is 5.92 Å². The van der Waals surface area contributed by atoms with Crippen molar-refractivity contribution in [2.75, 3.05) is 39.9 Å². The van der Waals surface area contributed by atoms with Crippen LogP contribution < -0.4 is 9.64 Å². The maximum absolute atomic E-state index is 14.4. The number of ether oxygens (including phenoxy) is 5. The minimum absolute atomic E-state index is 0.0834. The highest BCUT2D eigenvalue weighted by Gasteiger charge is 2.61. The van der Waals surface area contributed by atoms with E-state index in [9.17, 15) is 24.0 Å². The molecular weight excluding hydrogens is 691 g/mol. The third-order valence-electron chi connectivity index (χ3n) is 9.16. The third-order valence-corrected chi connectivity index (χ3v) is 13.8. The molecule has 0 aromatic heterocycles.